The number of ketones is 1. The third-order valence-corrected chi connectivity index (χ3v) is 6.57. The highest BCUT2D eigenvalue weighted by Gasteiger charge is 2.32. The summed E-state index contributed by atoms with van der Waals surface area (Å²) >= 11 is 0. The van der Waals surface area contributed by atoms with Gasteiger partial charge in [-0.15, -0.1) is 0 Å². The monoisotopic (exact) mass is 542 g/mol. The second-order valence-electron chi connectivity index (χ2n) is 9.20. The molecule has 0 saturated carbocycles. The van der Waals surface area contributed by atoms with Crippen LogP contribution >= 0.6 is 0 Å². The van der Waals surface area contributed by atoms with Crippen LogP contribution in [-0.4, -0.2) is 43.3 Å². The van der Waals surface area contributed by atoms with Gasteiger partial charge in [0.2, 0.25) is 10.0 Å². The fraction of sp³-hybridized carbons (Fsp3) is 0.417. The molecular formula is C24H28F2N2O8S. The lowest BCUT2D eigenvalue weighted by Crippen LogP contribution is -2.40. The van der Waals surface area contributed by atoms with Crippen molar-refractivity contribution in [3.8, 4) is 5.75 Å². The SMILES string of the molecule is C[C@H](NS(=O)(=O)c1ccccc1[N+](=O)[O-])C(=O)C[C@@H](Cc1ccc(OC(F)F)cc1)C(=O)OC(C)(C)C. The van der Waals surface area contributed by atoms with Gasteiger partial charge in [-0.3, -0.25) is 19.7 Å². The van der Waals surface area contributed by atoms with Crippen molar-refractivity contribution in [2.45, 2.75) is 63.7 Å². The van der Waals surface area contributed by atoms with E-state index in [0.717, 1.165) is 12.1 Å². The second-order valence-corrected chi connectivity index (χ2v) is 10.9. The molecular weight excluding hydrogens is 514 g/mol. The largest absolute Gasteiger partial charge is 0.460 e. The van der Waals surface area contributed by atoms with Gasteiger partial charge in [-0.25, -0.2) is 13.1 Å². The van der Waals surface area contributed by atoms with Gasteiger partial charge in [0.05, 0.1) is 16.9 Å². The van der Waals surface area contributed by atoms with E-state index in [0.29, 0.717) is 5.56 Å². The van der Waals surface area contributed by atoms with Gasteiger partial charge in [0, 0.05) is 12.5 Å². The normalized spacial score (nSPS) is 13.6. The molecule has 0 aliphatic carbocycles. The number of hydrogen-bond donors (Lipinski definition) is 1. The number of alkyl halides is 2. The Bertz CT molecular complexity index is 1230. The molecule has 2 atom stereocenters. The number of sulfonamides is 1. The van der Waals surface area contributed by atoms with Gasteiger partial charge in [-0.2, -0.15) is 8.78 Å². The van der Waals surface area contributed by atoms with Gasteiger partial charge < -0.3 is 9.47 Å². The molecule has 202 valence electrons. The zero-order valence-corrected chi connectivity index (χ0v) is 21.5. The number of nitro groups is 1. The Hall–Kier alpha value is -3.45. The van der Waals surface area contributed by atoms with Crippen LogP contribution in [0.3, 0.4) is 0 Å². The first-order chi connectivity index (χ1) is 17.1. The number of rotatable bonds is 12. The van der Waals surface area contributed by atoms with Gasteiger partial charge in [0.1, 0.15) is 11.4 Å². The molecule has 0 spiro atoms. The number of nitrogens with one attached hydrogen (secondary N) is 1. The predicted octanol–water partition coefficient (Wildman–Crippen LogP) is 4.02. The first-order valence-corrected chi connectivity index (χ1v) is 12.6. The van der Waals surface area contributed by atoms with Gasteiger partial charge in [0.25, 0.3) is 5.69 Å². The molecule has 2 rings (SSSR count). The number of nitrogens with zero attached hydrogens (tertiary/aromatic N) is 1. The van der Waals surface area contributed by atoms with Gasteiger partial charge in [0.15, 0.2) is 10.7 Å². The van der Waals surface area contributed by atoms with E-state index in [1.807, 2.05) is 0 Å². The number of Topliss-reactive ketones (excluding diaryl/α,β-unsaturated/α-hetero) is 1. The molecule has 0 saturated heterocycles. The Morgan fingerprint density at radius 1 is 1.08 bits per heavy atom. The molecule has 0 radical (unpaired) electrons. The highest BCUT2D eigenvalue weighted by molar-refractivity contribution is 7.89. The molecule has 2 aromatic rings. The topological polar surface area (TPSA) is 142 Å². The summed E-state index contributed by atoms with van der Waals surface area (Å²) in [6.45, 7) is 3.19. The van der Waals surface area contributed by atoms with Crippen molar-refractivity contribution in [3.05, 3.63) is 64.2 Å². The Balaban J connectivity index is 2.22. The summed E-state index contributed by atoms with van der Waals surface area (Å²) in [5, 5.41) is 11.2. The maximum Gasteiger partial charge on any atom is 0.387 e. The van der Waals surface area contributed by atoms with Crippen LogP contribution in [0.1, 0.15) is 39.7 Å². The van der Waals surface area contributed by atoms with Crippen molar-refractivity contribution in [2.75, 3.05) is 0 Å². The van der Waals surface area contributed by atoms with E-state index in [-0.39, 0.29) is 12.2 Å². The molecule has 0 aliphatic rings. The average Bonchev–Trinajstić information content (AvgIpc) is 2.78. The number of carbonyl (C=O) groups is 2. The predicted molar refractivity (Wildman–Crippen MR) is 129 cm³/mol. The maximum atomic E-state index is 12.9. The molecule has 0 bridgehead atoms. The Morgan fingerprint density at radius 2 is 1.68 bits per heavy atom. The van der Waals surface area contributed by atoms with Crippen LogP contribution in [0.5, 0.6) is 5.75 Å². The molecule has 0 fully saturated rings. The van der Waals surface area contributed by atoms with Crippen LogP contribution in [-0.2, 0) is 30.8 Å². The molecule has 10 nitrogen and oxygen atoms in total. The van der Waals surface area contributed by atoms with E-state index in [1.165, 1.54) is 43.3 Å². The summed E-state index contributed by atoms with van der Waals surface area (Å²) in [6, 6.07) is 8.86. The minimum atomic E-state index is -4.44. The first-order valence-electron chi connectivity index (χ1n) is 11.1. The summed E-state index contributed by atoms with van der Waals surface area (Å²) in [7, 11) is -4.44. The molecule has 0 aromatic heterocycles. The smallest absolute Gasteiger partial charge is 0.387 e. The lowest BCUT2D eigenvalue weighted by molar-refractivity contribution is -0.387. The summed E-state index contributed by atoms with van der Waals surface area (Å²) in [5.41, 5.74) is -0.994. The van der Waals surface area contributed by atoms with Crippen molar-refractivity contribution in [1.82, 2.24) is 4.72 Å². The van der Waals surface area contributed by atoms with E-state index in [2.05, 4.69) is 9.46 Å². The van der Waals surface area contributed by atoms with E-state index >= 15 is 0 Å². The van der Waals surface area contributed by atoms with Crippen LogP contribution in [0.25, 0.3) is 0 Å². The first kappa shape index (κ1) is 29.8. The highest BCUT2D eigenvalue weighted by atomic mass is 32.2. The van der Waals surface area contributed by atoms with Crippen molar-refractivity contribution in [2.24, 2.45) is 5.92 Å². The fourth-order valence-corrected chi connectivity index (χ4v) is 4.73. The van der Waals surface area contributed by atoms with Crippen LogP contribution in [0.4, 0.5) is 14.5 Å². The van der Waals surface area contributed by atoms with Crippen molar-refractivity contribution >= 4 is 27.5 Å². The molecule has 2 aromatic carbocycles. The van der Waals surface area contributed by atoms with Crippen LogP contribution < -0.4 is 9.46 Å². The summed E-state index contributed by atoms with van der Waals surface area (Å²) in [4.78, 5) is 35.6. The molecule has 0 heterocycles. The van der Waals surface area contributed by atoms with Crippen molar-refractivity contribution in [3.63, 3.8) is 0 Å². The lowest BCUT2D eigenvalue weighted by atomic mass is 9.92. The lowest BCUT2D eigenvalue weighted by Gasteiger charge is -2.24. The Kier molecular flexibility index (Phi) is 9.81. The van der Waals surface area contributed by atoms with Crippen molar-refractivity contribution in [1.29, 1.82) is 0 Å². The van der Waals surface area contributed by atoms with Crippen LogP contribution in [0, 0.1) is 16.0 Å². The summed E-state index contributed by atoms with van der Waals surface area (Å²) in [6.07, 6.45) is -0.413. The number of carbonyl (C=O) groups excluding carboxylic acids is 2. The second kappa shape index (κ2) is 12.2. The summed E-state index contributed by atoms with van der Waals surface area (Å²) < 4.78 is 62.1. The number of para-hydroxylation sites is 1. The quantitative estimate of drug-likeness (QED) is 0.241. The van der Waals surface area contributed by atoms with E-state index in [9.17, 15) is 36.9 Å². The minimum Gasteiger partial charge on any atom is -0.460 e. The van der Waals surface area contributed by atoms with Crippen LogP contribution in [0.15, 0.2) is 53.4 Å². The fourth-order valence-electron chi connectivity index (χ4n) is 3.33. The minimum absolute atomic E-state index is 0.000755. The number of halogens is 2. The van der Waals surface area contributed by atoms with Crippen molar-refractivity contribution < 1.29 is 41.2 Å². The number of esters is 1. The third-order valence-electron chi connectivity index (χ3n) is 4.98. The molecule has 13 heteroatoms. The van der Waals surface area contributed by atoms with E-state index in [4.69, 9.17) is 4.74 Å². The molecule has 0 aliphatic heterocycles. The van der Waals surface area contributed by atoms with E-state index < -0.39 is 67.9 Å². The van der Waals surface area contributed by atoms with Crippen LogP contribution in [0.2, 0.25) is 0 Å². The zero-order valence-electron chi connectivity index (χ0n) is 20.6. The number of nitro benzene ring substituents is 1. The molecule has 1 N–H and O–H groups in total. The Labute approximate surface area is 213 Å². The number of hydrogen-bond acceptors (Lipinski definition) is 8. The van der Waals surface area contributed by atoms with Gasteiger partial charge >= 0.3 is 12.6 Å². The van der Waals surface area contributed by atoms with E-state index in [1.54, 1.807) is 20.8 Å². The summed E-state index contributed by atoms with van der Waals surface area (Å²) in [5.74, 6) is -2.47. The molecule has 0 amide bonds. The van der Waals surface area contributed by atoms with Gasteiger partial charge in [-0.1, -0.05) is 24.3 Å². The number of benzene rings is 2. The Morgan fingerprint density at radius 3 is 2.22 bits per heavy atom. The highest BCUT2D eigenvalue weighted by Crippen LogP contribution is 2.25. The number of ether oxygens (including phenoxy) is 2. The molecule has 0 unspecified atom stereocenters. The standard InChI is InChI=1S/C24H28F2N2O8S/c1-15(27-37(33,34)21-8-6-5-7-19(21)28(31)32)20(29)14-17(22(30)36-24(2,3)4)13-16-9-11-18(12-10-16)35-23(25)26/h5-12,15,17,23,27H,13-14H2,1-4H3/t15-,17+/m0/s1. The maximum absolute atomic E-state index is 12.9. The third kappa shape index (κ3) is 9.17. The average molecular weight is 543 g/mol. The molecule has 37 heavy (non-hydrogen) atoms. The van der Waals surface area contributed by atoms with Gasteiger partial charge in [-0.05, 0) is 57.9 Å². The zero-order chi connectivity index (χ0) is 28.0.